The molecule has 0 saturated heterocycles. The van der Waals surface area contributed by atoms with Crippen LogP contribution in [0, 0.1) is 12.8 Å². The lowest BCUT2D eigenvalue weighted by Crippen LogP contribution is -2.42. The van der Waals surface area contributed by atoms with Gasteiger partial charge in [0.2, 0.25) is 0 Å². The Balaban J connectivity index is 2.58. The Morgan fingerprint density at radius 1 is 1.17 bits per heavy atom. The van der Waals surface area contributed by atoms with Crippen molar-refractivity contribution < 1.29 is 0 Å². The Morgan fingerprint density at radius 2 is 1.92 bits per heavy atom. The summed E-state index contributed by atoms with van der Waals surface area (Å²) in [5, 5.41) is 15.2. The smallest absolute Gasteiger partial charge is 0.191 e. The zero-order valence-corrected chi connectivity index (χ0v) is 16.4. The van der Waals surface area contributed by atoms with Gasteiger partial charge in [-0.25, -0.2) is 4.99 Å². The molecule has 1 aromatic rings. The van der Waals surface area contributed by atoms with Crippen LogP contribution in [0.5, 0.6) is 0 Å². The van der Waals surface area contributed by atoms with E-state index in [2.05, 4.69) is 48.5 Å². The molecule has 1 heterocycles. The summed E-state index contributed by atoms with van der Waals surface area (Å²) in [6, 6.07) is 0.415. The summed E-state index contributed by atoms with van der Waals surface area (Å²) in [7, 11) is 1.98. The summed E-state index contributed by atoms with van der Waals surface area (Å²) in [6.45, 7) is 12.4. The summed E-state index contributed by atoms with van der Waals surface area (Å²) >= 11 is 0. The number of hydrogen-bond acceptors (Lipinski definition) is 3. The molecule has 0 aliphatic carbocycles. The van der Waals surface area contributed by atoms with Gasteiger partial charge in [-0.2, -0.15) is 0 Å². The molecule has 2 N–H and O–H groups in total. The zero-order valence-electron chi connectivity index (χ0n) is 16.4. The van der Waals surface area contributed by atoms with Crippen molar-refractivity contribution in [2.45, 2.75) is 79.3 Å². The molecule has 24 heavy (non-hydrogen) atoms. The van der Waals surface area contributed by atoms with Gasteiger partial charge in [0, 0.05) is 19.6 Å². The van der Waals surface area contributed by atoms with E-state index in [4.69, 9.17) is 4.99 Å². The van der Waals surface area contributed by atoms with E-state index in [1.165, 1.54) is 19.3 Å². The lowest BCUT2D eigenvalue weighted by molar-refractivity contribution is 0.490. The SMILES string of the molecule is CCCCNC(=NCc1nnc(C)n1C)NC(C)CCCC(C)C. The van der Waals surface area contributed by atoms with Crippen molar-refractivity contribution in [1.29, 1.82) is 0 Å². The summed E-state index contributed by atoms with van der Waals surface area (Å²) in [5.74, 6) is 3.44. The van der Waals surface area contributed by atoms with Gasteiger partial charge in [-0.3, -0.25) is 0 Å². The molecule has 1 aromatic heterocycles. The average Bonchev–Trinajstić information content (AvgIpc) is 2.84. The Kier molecular flexibility index (Phi) is 9.42. The van der Waals surface area contributed by atoms with E-state index in [1.807, 2.05) is 18.5 Å². The van der Waals surface area contributed by atoms with Gasteiger partial charge in [-0.05, 0) is 32.6 Å². The van der Waals surface area contributed by atoms with E-state index in [0.29, 0.717) is 12.6 Å². The predicted octanol–water partition coefficient (Wildman–Crippen LogP) is 3.17. The van der Waals surface area contributed by atoms with Gasteiger partial charge in [0.05, 0.1) is 0 Å². The van der Waals surface area contributed by atoms with Crippen LogP contribution >= 0.6 is 0 Å². The van der Waals surface area contributed by atoms with Gasteiger partial charge < -0.3 is 15.2 Å². The summed E-state index contributed by atoms with van der Waals surface area (Å²) in [5.41, 5.74) is 0. The second-order valence-corrected chi connectivity index (χ2v) is 7.04. The molecule has 0 fully saturated rings. The first kappa shape index (κ1) is 20.5. The normalized spacial score (nSPS) is 13.4. The summed E-state index contributed by atoms with van der Waals surface area (Å²) < 4.78 is 1.99. The van der Waals surface area contributed by atoms with Crippen LogP contribution in [0.25, 0.3) is 0 Å². The maximum atomic E-state index is 4.69. The lowest BCUT2D eigenvalue weighted by atomic mass is 10.0. The molecule has 0 aliphatic heterocycles. The minimum Gasteiger partial charge on any atom is -0.356 e. The largest absolute Gasteiger partial charge is 0.356 e. The molecule has 138 valence electrons. The minimum atomic E-state index is 0.415. The van der Waals surface area contributed by atoms with Crippen LogP contribution in [0.4, 0.5) is 0 Å². The third kappa shape index (κ3) is 7.79. The molecule has 0 bridgehead atoms. The van der Waals surface area contributed by atoms with Gasteiger partial charge in [-0.1, -0.05) is 40.0 Å². The van der Waals surface area contributed by atoms with Crippen molar-refractivity contribution in [3.63, 3.8) is 0 Å². The topological polar surface area (TPSA) is 67.1 Å². The number of nitrogens with one attached hydrogen (secondary N) is 2. The summed E-state index contributed by atoms with van der Waals surface area (Å²) in [4.78, 5) is 4.69. The molecule has 0 radical (unpaired) electrons. The van der Waals surface area contributed by atoms with Crippen LogP contribution in [0.1, 0.15) is 71.4 Å². The first-order valence-corrected chi connectivity index (χ1v) is 9.33. The molecule has 6 heteroatoms. The molecular formula is C18H36N6. The number of aliphatic imine (C=N–C) groups is 1. The molecule has 0 amide bonds. The Bertz CT molecular complexity index is 492. The quantitative estimate of drug-likeness (QED) is 0.391. The second-order valence-electron chi connectivity index (χ2n) is 7.04. The Labute approximate surface area is 147 Å². The highest BCUT2D eigenvalue weighted by Gasteiger charge is 2.08. The van der Waals surface area contributed by atoms with E-state index in [1.54, 1.807) is 0 Å². The third-order valence-electron chi connectivity index (χ3n) is 4.19. The van der Waals surface area contributed by atoms with Crippen LogP contribution in [0.3, 0.4) is 0 Å². The van der Waals surface area contributed by atoms with Crippen molar-refractivity contribution in [3.05, 3.63) is 11.6 Å². The number of aromatic nitrogens is 3. The Morgan fingerprint density at radius 3 is 2.50 bits per heavy atom. The van der Waals surface area contributed by atoms with Crippen molar-refractivity contribution in [2.75, 3.05) is 6.54 Å². The van der Waals surface area contributed by atoms with Gasteiger partial charge in [-0.15, -0.1) is 10.2 Å². The number of unbranched alkanes of at least 4 members (excludes halogenated alkanes) is 1. The minimum absolute atomic E-state index is 0.415. The number of hydrogen-bond donors (Lipinski definition) is 2. The van der Waals surface area contributed by atoms with Crippen molar-refractivity contribution >= 4 is 5.96 Å². The maximum absolute atomic E-state index is 4.69. The average molecular weight is 337 g/mol. The lowest BCUT2D eigenvalue weighted by Gasteiger charge is -2.18. The molecule has 1 unspecified atom stereocenters. The standard InChI is InChI=1S/C18H36N6/c1-7-8-12-19-18(21-15(4)11-9-10-14(2)3)20-13-17-23-22-16(5)24(17)6/h14-15H,7-13H2,1-6H3,(H2,19,20,21). The van der Waals surface area contributed by atoms with Gasteiger partial charge in [0.1, 0.15) is 12.4 Å². The van der Waals surface area contributed by atoms with Crippen molar-refractivity contribution in [3.8, 4) is 0 Å². The van der Waals surface area contributed by atoms with E-state index in [0.717, 1.165) is 42.9 Å². The Hall–Kier alpha value is -1.59. The third-order valence-corrected chi connectivity index (χ3v) is 4.19. The fourth-order valence-electron chi connectivity index (χ4n) is 2.41. The first-order chi connectivity index (χ1) is 11.4. The van der Waals surface area contributed by atoms with Crippen LogP contribution in [0.2, 0.25) is 0 Å². The van der Waals surface area contributed by atoms with E-state index >= 15 is 0 Å². The zero-order chi connectivity index (χ0) is 17.9. The van der Waals surface area contributed by atoms with Crippen molar-refractivity contribution in [1.82, 2.24) is 25.4 Å². The molecule has 1 rings (SSSR count). The maximum Gasteiger partial charge on any atom is 0.191 e. The highest BCUT2D eigenvalue weighted by Crippen LogP contribution is 2.08. The van der Waals surface area contributed by atoms with Gasteiger partial charge in [0.15, 0.2) is 11.8 Å². The monoisotopic (exact) mass is 336 g/mol. The van der Waals surface area contributed by atoms with Gasteiger partial charge >= 0.3 is 0 Å². The van der Waals surface area contributed by atoms with Crippen LogP contribution in [-0.2, 0) is 13.6 Å². The van der Waals surface area contributed by atoms with Crippen LogP contribution in [0.15, 0.2) is 4.99 Å². The van der Waals surface area contributed by atoms with E-state index in [-0.39, 0.29) is 0 Å². The van der Waals surface area contributed by atoms with E-state index < -0.39 is 0 Å². The van der Waals surface area contributed by atoms with Crippen molar-refractivity contribution in [2.24, 2.45) is 18.0 Å². The molecule has 0 aromatic carbocycles. The fraction of sp³-hybridized carbons (Fsp3) is 0.833. The number of nitrogens with zero attached hydrogens (tertiary/aromatic N) is 4. The number of aryl methyl sites for hydroxylation is 1. The number of rotatable bonds is 10. The summed E-state index contributed by atoms with van der Waals surface area (Å²) in [6.07, 6.45) is 6.00. The molecule has 6 nitrogen and oxygen atoms in total. The second kappa shape index (κ2) is 11.0. The van der Waals surface area contributed by atoms with E-state index in [9.17, 15) is 0 Å². The predicted molar refractivity (Wildman–Crippen MR) is 101 cm³/mol. The molecular weight excluding hydrogens is 300 g/mol. The van der Waals surface area contributed by atoms with Gasteiger partial charge in [0.25, 0.3) is 0 Å². The molecule has 0 spiro atoms. The molecule has 0 saturated carbocycles. The van der Waals surface area contributed by atoms with Crippen LogP contribution in [-0.4, -0.2) is 33.3 Å². The highest BCUT2D eigenvalue weighted by atomic mass is 15.3. The molecule has 0 aliphatic rings. The first-order valence-electron chi connectivity index (χ1n) is 9.33. The molecule has 1 atom stereocenters. The fourth-order valence-corrected chi connectivity index (χ4v) is 2.41. The van der Waals surface area contributed by atoms with Crippen LogP contribution < -0.4 is 10.6 Å². The highest BCUT2D eigenvalue weighted by molar-refractivity contribution is 5.80. The number of guanidine groups is 1.